The minimum absolute atomic E-state index is 0.208. The Labute approximate surface area is 102 Å². The van der Waals surface area contributed by atoms with Crippen LogP contribution in [0, 0.1) is 5.92 Å². The fourth-order valence-electron chi connectivity index (χ4n) is 2.88. The lowest BCUT2D eigenvalue weighted by molar-refractivity contribution is 0.0814. The van der Waals surface area contributed by atoms with Crippen molar-refractivity contribution in [3.63, 3.8) is 0 Å². The van der Waals surface area contributed by atoms with E-state index in [9.17, 15) is 4.79 Å². The van der Waals surface area contributed by atoms with E-state index in [1.165, 1.54) is 4.68 Å². The molecule has 1 saturated heterocycles. The molecule has 88 valence electrons. The summed E-state index contributed by atoms with van der Waals surface area (Å²) in [6.07, 6.45) is 1.69. The first-order valence-electron chi connectivity index (χ1n) is 5.38. The highest BCUT2D eigenvalue weighted by molar-refractivity contribution is 6.38. The molecule has 0 bridgehead atoms. The third kappa shape index (κ3) is 0.892. The summed E-state index contributed by atoms with van der Waals surface area (Å²) in [7, 11) is 1.72. The van der Waals surface area contributed by atoms with Crippen LogP contribution in [0.3, 0.4) is 0 Å². The summed E-state index contributed by atoms with van der Waals surface area (Å²) in [6, 6.07) is 0. The minimum atomic E-state index is -1.29. The van der Waals surface area contributed by atoms with Gasteiger partial charge in [0.25, 0.3) is 0 Å². The second-order valence-electron chi connectivity index (χ2n) is 4.69. The topological polar surface area (TPSA) is 72.1 Å². The molecule has 6 nitrogen and oxygen atoms in total. The van der Waals surface area contributed by atoms with Crippen LogP contribution in [0.15, 0.2) is 16.4 Å². The van der Waals surface area contributed by atoms with Gasteiger partial charge in [-0.2, -0.15) is 15.3 Å². The van der Waals surface area contributed by atoms with Gasteiger partial charge in [-0.3, -0.25) is 9.48 Å². The molecule has 1 aromatic rings. The first-order chi connectivity index (χ1) is 8.09. The van der Waals surface area contributed by atoms with Gasteiger partial charge in [-0.25, -0.2) is 0 Å². The van der Waals surface area contributed by atoms with Crippen molar-refractivity contribution in [3.05, 3.63) is 17.5 Å². The number of halogens is 1. The van der Waals surface area contributed by atoms with E-state index >= 15 is 0 Å². The van der Waals surface area contributed by atoms with Gasteiger partial charge < -0.3 is 4.74 Å². The van der Waals surface area contributed by atoms with E-state index < -0.39 is 10.6 Å². The van der Waals surface area contributed by atoms with Crippen molar-refractivity contribution in [1.82, 2.24) is 9.78 Å². The number of alkyl halides is 1. The smallest absolute Gasteiger partial charge is 0.226 e. The zero-order valence-corrected chi connectivity index (χ0v) is 9.81. The molecule has 3 atom stereocenters. The van der Waals surface area contributed by atoms with Crippen molar-refractivity contribution in [3.8, 4) is 0 Å². The summed E-state index contributed by atoms with van der Waals surface area (Å²) in [4.78, 5) is 11.1. The van der Waals surface area contributed by atoms with Crippen LogP contribution in [-0.4, -0.2) is 33.7 Å². The van der Waals surface area contributed by atoms with Crippen LogP contribution < -0.4 is 0 Å². The molecule has 1 aliphatic carbocycles. The number of fused-ring (bicyclic) bond motifs is 4. The summed E-state index contributed by atoms with van der Waals surface area (Å²) in [5, 5.41) is 12.0. The molecule has 0 saturated carbocycles. The van der Waals surface area contributed by atoms with E-state index in [2.05, 4.69) is 15.3 Å². The molecule has 3 heterocycles. The maximum absolute atomic E-state index is 12.4. The van der Waals surface area contributed by atoms with Crippen LogP contribution in [-0.2, 0) is 17.4 Å². The first-order valence-corrected chi connectivity index (χ1v) is 5.76. The van der Waals surface area contributed by atoms with E-state index in [-0.39, 0.29) is 11.7 Å². The van der Waals surface area contributed by atoms with Gasteiger partial charge in [0.05, 0.1) is 25.3 Å². The van der Waals surface area contributed by atoms with Crippen LogP contribution in [0.1, 0.15) is 16.1 Å². The van der Waals surface area contributed by atoms with E-state index in [0.29, 0.717) is 18.8 Å². The number of carbonyl (C=O) groups excluding carboxylic acids is 1. The molecule has 1 fully saturated rings. The highest BCUT2D eigenvalue weighted by atomic mass is 35.5. The summed E-state index contributed by atoms with van der Waals surface area (Å²) in [5.41, 5.74) is 0.830. The number of azo groups is 1. The normalized spacial score (nSPS) is 41.8. The molecular formula is C10H9ClN4O2. The number of hydrogen-bond donors (Lipinski definition) is 0. The Morgan fingerprint density at radius 3 is 3.12 bits per heavy atom. The van der Waals surface area contributed by atoms with Crippen LogP contribution in [0.5, 0.6) is 0 Å². The van der Waals surface area contributed by atoms with Crippen LogP contribution >= 0.6 is 11.6 Å². The molecule has 4 rings (SSSR count). The number of rotatable bonds is 0. The average molecular weight is 253 g/mol. The third-order valence-corrected chi connectivity index (χ3v) is 4.40. The molecule has 0 aromatic carbocycles. The fourth-order valence-corrected chi connectivity index (χ4v) is 3.27. The molecule has 1 spiro atoms. The Morgan fingerprint density at radius 2 is 2.41 bits per heavy atom. The number of aromatic nitrogens is 2. The van der Waals surface area contributed by atoms with Crippen molar-refractivity contribution in [1.29, 1.82) is 0 Å². The summed E-state index contributed by atoms with van der Waals surface area (Å²) in [5.74, 6) is -0.428. The number of nitrogens with zero attached hydrogens (tertiary/aromatic N) is 4. The average Bonchev–Trinajstić information content (AvgIpc) is 2.82. The molecule has 17 heavy (non-hydrogen) atoms. The van der Waals surface area contributed by atoms with Gasteiger partial charge in [0.2, 0.25) is 10.8 Å². The van der Waals surface area contributed by atoms with Crippen LogP contribution in [0.25, 0.3) is 0 Å². The van der Waals surface area contributed by atoms with Crippen molar-refractivity contribution in [2.24, 2.45) is 23.2 Å². The van der Waals surface area contributed by atoms with E-state index in [1.54, 1.807) is 13.2 Å². The maximum Gasteiger partial charge on any atom is 0.226 e. The monoisotopic (exact) mass is 252 g/mol. The molecule has 1 aromatic heterocycles. The van der Waals surface area contributed by atoms with Gasteiger partial charge in [0.1, 0.15) is 11.3 Å². The molecule has 3 aliphatic rings. The lowest BCUT2D eigenvalue weighted by atomic mass is 9.74. The second-order valence-corrected chi connectivity index (χ2v) is 5.26. The van der Waals surface area contributed by atoms with E-state index in [0.717, 1.165) is 5.56 Å². The summed E-state index contributed by atoms with van der Waals surface area (Å²) < 4.78 is 7.13. The van der Waals surface area contributed by atoms with Crippen molar-refractivity contribution < 1.29 is 9.53 Å². The number of carbonyl (C=O) groups is 1. The molecule has 0 amide bonds. The largest absolute Gasteiger partial charge is 0.364 e. The first kappa shape index (κ1) is 9.73. The van der Waals surface area contributed by atoms with Crippen molar-refractivity contribution >= 4 is 17.4 Å². The highest BCUT2D eigenvalue weighted by Gasteiger charge is 2.70. The van der Waals surface area contributed by atoms with Gasteiger partial charge in [0, 0.05) is 12.6 Å². The highest BCUT2D eigenvalue weighted by Crippen LogP contribution is 2.58. The lowest BCUT2D eigenvalue weighted by Crippen LogP contribution is -2.49. The zero-order chi connectivity index (χ0) is 11.8. The standard InChI is InChI=1S/C10H9ClN4O2/c1-15-7-5(2-13-15)9(4-17-9)6-3-12-14-10(6,11)8(7)16/h2,6H,3-4H2,1H3/t6-,9-,10+/m0/s1. The summed E-state index contributed by atoms with van der Waals surface area (Å²) >= 11 is 6.37. The van der Waals surface area contributed by atoms with Crippen LogP contribution in [0.4, 0.5) is 0 Å². The number of ether oxygens (including phenoxy) is 1. The molecule has 0 N–H and O–H groups in total. The van der Waals surface area contributed by atoms with Gasteiger partial charge >= 0.3 is 0 Å². The van der Waals surface area contributed by atoms with E-state index in [4.69, 9.17) is 16.3 Å². The number of Topliss-reactive ketones (excluding diaryl/α,β-unsaturated/α-hetero) is 1. The Hall–Kier alpha value is -1.27. The SMILES string of the molecule is Cn1ncc2c1C(=O)[C@]1(Cl)N=NC[C@H]1[C@]21CO1. The predicted octanol–water partition coefficient (Wildman–Crippen LogP) is 0.859. The van der Waals surface area contributed by atoms with E-state index in [1.807, 2.05) is 0 Å². The third-order valence-electron chi connectivity index (χ3n) is 3.89. The number of ketones is 1. The fraction of sp³-hybridized carbons (Fsp3) is 0.600. The number of aryl methyl sites for hydroxylation is 1. The van der Waals surface area contributed by atoms with Gasteiger partial charge in [-0.1, -0.05) is 11.6 Å². The quantitative estimate of drug-likeness (QED) is 0.391. The zero-order valence-electron chi connectivity index (χ0n) is 9.05. The molecule has 2 aliphatic heterocycles. The molecular weight excluding hydrogens is 244 g/mol. The second kappa shape index (κ2) is 2.59. The molecule has 0 unspecified atom stereocenters. The van der Waals surface area contributed by atoms with Crippen LogP contribution in [0.2, 0.25) is 0 Å². The Kier molecular flexibility index (Phi) is 1.48. The van der Waals surface area contributed by atoms with Gasteiger partial charge in [0.15, 0.2) is 0 Å². The molecule has 0 radical (unpaired) electrons. The Balaban J connectivity index is 2.03. The Bertz CT molecular complexity index is 577. The maximum atomic E-state index is 12.4. The molecule has 7 heteroatoms. The van der Waals surface area contributed by atoms with Crippen molar-refractivity contribution in [2.75, 3.05) is 13.2 Å². The summed E-state index contributed by atoms with van der Waals surface area (Å²) in [6.45, 7) is 0.993. The van der Waals surface area contributed by atoms with Crippen molar-refractivity contribution in [2.45, 2.75) is 10.6 Å². The number of epoxide rings is 1. The Morgan fingerprint density at radius 1 is 1.65 bits per heavy atom. The van der Waals surface area contributed by atoms with Gasteiger partial charge in [-0.15, -0.1) is 0 Å². The lowest BCUT2D eigenvalue weighted by Gasteiger charge is -2.33. The minimum Gasteiger partial charge on any atom is -0.364 e. The number of hydrogen-bond acceptors (Lipinski definition) is 5. The predicted molar refractivity (Wildman–Crippen MR) is 57.0 cm³/mol. The van der Waals surface area contributed by atoms with Gasteiger partial charge in [-0.05, 0) is 0 Å².